The lowest BCUT2D eigenvalue weighted by atomic mass is 10.1. The highest BCUT2D eigenvalue weighted by Crippen LogP contribution is 2.21. The fourth-order valence-electron chi connectivity index (χ4n) is 2.56. The first-order valence-electron chi connectivity index (χ1n) is 7.95. The smallest absolute Gasteiger partial charge is 0.226 e. The highest BCUT2D eigenvalue weighted by atomic mass is 19.1. The third-order valence-electron chi connectivity index (χ3n) is 3.94. The SMILES string of the molecule is CC(=O)N(CCC(=O)Nc1ccc(F)cc1F)C(C)c1ccccc1. The minimum Gasteiger partial charge on any atom is -0.336 e. The number of amides is 2. The molecule has 1 atom stereocenters. The molecule has 2 rings (SSSR count). The molecule has 1 unspecified atom stereocenters. The second kappa shape index (κ2) is 8.37. The van der Waals surface area contributed by atoms with Crippen LogP contribution in [0.2, 0.25) is 0 Å². The Hall–Kier alpha value is -2.76. The van der Waals surface area contributed by atoms with Gasteiger partial charge in [0.25, 0.3) is 0 Å². The molecular weight excluding hydrogens is 326 g/mol. The molecule has 0 aromatic heterocycles. The third kappa shape index (κ3) is 5.11. The van der Waals surface area contributed by atoms with Crippen molar-refractivity contribution in [1.82, 2.24) is 4.90 Å². The van der Waals surface area contributed by atoms with Crippen LogP contribution in [-0.4, -0.2) is 23.3 Å². The molecule has 4 nitrogen and oxygen atoms in total. The van der Waals surface area contributed by atoms with E-state index in [4.69, 9.17) is 0 Å². The predicted octanol–water partition coefficient (Wildman–Crippen LogP) is 3.90. The number of nitrogens with zero attached hydrogens (tertiary/aromatic N) is 1. The third-order valence-corrected chi connectivity index (χ3v) is 3.94. The molecule has 2 aromatic carbocycles. The number of hydrogen-bond acceptors (Lipinski definition) is 2. The molecule has 25 heavy (non-hydrogen) atoms. The maximum Gasteiger partial charge on any atom is 0.226 e. The molecule has 0 fully saturated rings. The zero-order valence-electron chi connectivity index (χ0n) is 14.1. The number of hydrogen-bond donors (Lipinski definition) is 1. The molecule has 0 bridgehead atoms. The summed E-state index contributed by atoms with van der Waals surface area (Å²) in [5.74, 6) is -2.15. The van der Waals surface area contributed by atoms with Gasteiger partial charge in [-0.05, 0) is 24.6 Å². The molecule has 0 aliphatic carbocycles. The van der Waals surface area contributed by atoms with Crippen molar-refractivity contribution in [2.45, 2.75) is 26.3 Å². The fraction of sp³-hybridized carbons (Fsp3) is 0.263. The molecule has 2 amide bonds. The summed E-state index contributed by atoms with van der Waals surface area (Å²) in [4.78, 5) is 25.5. The maximum absolute atomic E-state index is 13.6. The Bertz CT molecular complexity index is 750. The van der Waals surface area contributed by atoms with Crippen molar-refractivity contribution in [2.24, 2.45) is 0 Å². The highest BCUT2D eigenvalue weighted by molar-refractivity contribution is 5.91. The molecule has 0 spiro atoms. The van der Waals surface area contributed by atoms with Crippen molar-refractivity contribution in [3.05, 3.63) is 65.7 Å². The average Bonchev–Trinajstić information content (AvgIpc) is 2.58. The van der Waals surface area contributed by atoms with E-state index in [9.17, 15) is 18.4 Å². The molecule has 6 heteroatoms. The van der Waals surface area contributed by atoms with Crippen molar-refractivity contribution in [2.75, 3.05) is 11.9 Å². The second-order valence-corrected chi connectivity index (χ2v) is 5.72. The van der Waals surface area contributed by atoms with E-state index in [2.05, 4.69) is 5.32 Å². The summed E-state index contributed by atoms with van der Waals surface area (Å²) >= 11 is 0. The first-order chi connectivity index (χ1) is 11.9. The van der Waals surface area contributed by atoms with E-state index in [1.165, 1.54) is 6.92 Å². The summed E-state index contributed by atoms with van der Waals surface area (Å²) in [6.45, 7) is 3.52. The van der Waals surface area contributed by atoms with Crippen LogP contribution in [0.4, 0.5) is 14.5 Å². The molecular formula is C19H20F2N2O2. The zero-order valence-corrected chi connectivity index (χ0v) is 14.1. The van der Waals surface area contributed by atoms with E-state index in [0.29, 0.717) is 6.07 Å². The van der Waals surface area contributed by atoms with Crippen LogP contribution in [0.5, 0.6) is 0 Å². The molecule has 1 N–H and O–H groups in total. The Balaban J connectivity index is 1.98. The first kappa shape index (κ1) is 18.6. The van der Waals surface area contributed by atoms with Gasteiger partial charge >= 0.3 is 0 Å². The van der Waals surface area contributed by atoms with E-state index in [1.54, 1.807) is 4.90 Å². The number of nitrogens with one attached hydrogen (secondary N) is 1. The highest BCUT2D eigenvalue weighted by Gasteiger charge is 2.19. The van der Waals surface area contributed by atoms with Gasteiger partial charge < -0.3 is 10.2 Å². The summed E-state index contributed by atoms with van der Waals surface area (Å²) in [7, 11) is 0. The number of rotatable bonds is 6. The largest absolute Gasteiger partial charge is 0.336 e. The molecule has 0 saturated carbocycles. The van der Waals surface area contributed by atoms with E-state index in [1.807, 2.05) is 37.3 Å². The maximum atomic E-state index is 13.6. The van der Waals surface area contributed by atoms with Gasteiger partial charge in [-0.2, -0.15) is 0 Å². The molecule has 0 aliphatic heterocycles. The number of carbonyl (C=O) groups is 2. The lowest BCUT2D eigenvalue weighted by Crippen LogP contribution is -2.34. The van der Waals surface area contributed by atoms with Crippen LogP contribution in [0.3, 0.4) is 0 Å². The van der Waals surface area contributed by atoms with Gasteiger partial charge in [0.1, 0.15) is 11.6 Å². The molecule has 0 aliphatic rings. The van der Waals surface area contributed by atoms with E-state index in [-0.39, 0.29) is 30.6 Å². The summed E-state index contributed by atoms with van der Waals surface area (Å²) < 4.78 is 26.4. The normalized spacial score (nSPS) is 11.7. The van der Waals surface area contributed by atoms with Crippen molar-refractivity contribution in [3.63, 3.8) is 0 Å². The molecule has 0 radical (unpaired) electrons. The fourth-order valence-corrected chi connectivity index (χ4v) is 2.56. The lowest BCUT2D eigenvalue weighted by Gasteiger charge is -2.28. The Morgan fingerprint density at radius 2 is 1.80 bits per heavy atom. The summed E-state index contributed by atoms with van der Waals surface area (Å²) in [6.07, 6.45) is 0.00751. The predicted molar refractivity (Wildman–Crippen MR) is 91.8 cm³/mol. The Morgan fingerprint density at radius 1 is 1.12 bits per heavy atom. The van der Waals surface area contributed by atoms with Crippen molar-refractivity contribution >= 4 is 17.5 Å². The van der Waals surface area contributed by atoms with Crippen LogP contribution in [0.25, 0.3) is 0 Å². The van der Waals surface area contributed by atoms with E-state index >= 15 is 0 Å². The number of carbonyl (C=O) groups excluding carboxylic acids is 2. The van der Waals surface area contributed by atoms with E-state index < -0.39 is 17.5 Å². The van der Waals surface area contributed by atoms with Crippen molar-refractivity contribution < 1.29 is 18.4 Å². The Morgan fingerprint density at radius 3 is 2.40 bits per heavy atom. The van der Waals surface area contributed by atoms with Crippen LogP contribution < -0.4 is 5.32 Å². The number of anilines is 1. The monoisotopic (exact) mass is 346 g/mol. The van der Waals surface area contributed by atoms with Crippen LogP contribution in [-0.2, 0) is 9.59 Å². The van der Waals surface area contributed by atoms with Crippen LogP contribution in [0.15, 0.2) is 48.5 Å². The Kier molecular flexibility index (Phi) is 6.22. The van der Waals surface area contributed by atoms with E-state index in [0.717, 1.165) is 17.7 Å². The second-order valence-electron chi connectivity index (χ2n) is 5.72. The molecule has 0 heterocycles. The average molecular weight is 346 g/mol. The van der Waals surface area contributed by atoms with Crippen LogP contribution in [0, 0.1) is 11.6 Å². The summed E-state index contributed by atoms with van der Waals surface area (Å²) in [5, 5.41) is 2.39. The lowest BCUT2D eigenvalue weighted by molar-refractivity contribution is -0.131. The van der Waals surface area contributed by atoms with Gasteiger partial charge in [-0.1, -0.05) is 30.3 Å². The summed E-state index contributed by atoms with van der Waals surface area (Å²) in [5.41, 5.74) is 0.875. The number of benzene rings is 2. The Labute approximate surface area is 145 Å². The first-order valence-corrected chi connectivity index (χ1v) is 7.95. The van der Waals surface area contributed by atoms with Crippen LogP contribution >= 0.6 is 0 Å². The van der Waals surface area contributed by atoms with Gasteiger partial charge in [0.05, 0.1) is 11.7 Å². The van der Waals surface area contributed by atoms with Crippen molar-refractivity contribution in [3.8, 4) is 0 Å². The van der Waals surface area contributed by atoms with Gasteiger partial charge in [-0.3, -0.25) is 9.59 Å². The standard InChI is InChI=1S/C19H20F2N2O2/c1-13(15-6-4-3-5-7-15)23(14(2)24)11-10-19(25)22-18-9-8-16(20)12-17(18)21/h3-9,12-13H,10-11H2,1-2H3,(H,22,25). The minimum atomic E-state index is -0.838. The summed E-state index contributed by atoms with van der Waals surface area (Å²) in [6, 6.07) is 12.2. The quantitative estimate of drug-likeness (QED) is 0.862. The zero-order chi connectivity index (χ0) is 18.4. The molecule has 132 valence electrons. The molecule has 0 saturated heterocycles. The van der Waals surface area contributed by atoms with Gasteiger partial charge in [0.15, 0.2) is 0 Å². The van der Waals surface area contributed by atoms with Gasteiger partial charge in [0, 0.05) is 26.0 Å². The van der Waals surface area contributed by atoms with Gasteiger partial charge in [0.2, 0.25) is 11.8 Å². The van der Waals surface area contributed by atoms with Crippen molar-refractivity contribution in [1.29, 1.82) is 0 Å². The van der Waals surface area contributed by atoms with Gasteiger partial charge in [-0.25, -0.2) is 8.78 Å². The molecule has 2 aromatic rings. The van der Waals surface area contributed by atoms with Crippen LogP contribution in [0.1, 0.15) is 31.9 Å². The number of halogens is 2. The topological polar surface area (TPSA) is 49.4 Å². The van der Waals surface area contributed by atoms with Gasteiger partial charge in [-0.15, -0.1) is 0 Å². The minimum absolute atomic E-state index is 0.00751.